The zero-order valence-corrected chi connectivity index (χ0v) is 13.5. The van der Waals surface area contributed by atoms with Gasteiger partial charge in [0.15, 0.2) is 0 Å². The summed E-state index contributed by atoms with van der Waals surface area (Å²) in [6.07, 6.45) is 0.211. The average Bonchev–Trinajstić information content (AvgIpc) is 2.61. The molecule has 1 N–H and O–H groups in total. The molecule has 6 heteroatoms. The van der Waals surface area contributed by atoms with Gasteiger partial charge in [-0.3, -0.25) is 9.59 Å². The van der Waals surface area contributed by atoms with Crippen LogP contribution in [-0.4, -0.2) is 32.6 Å². The second-order valence-electron chi connectivity index (χ2n) is 5.44. The zero-order chi connectivity index (χ0) is 17.1. The number of carbonyl (C=O) groups is 2. The molecule has 1 aliphatic heterocycles. The van der Waals surface area contributed by atoms with Crippen molar-refractivity contribution < 1.29 is 19.1 Å². The van der Waals surface area contributed by atoms with Gasteiger partial charge in [-0.05, 0) is 29.8 Å². The van der Waals surface area contributed by atoms with Crippen molar-refractivity contribution >= 4 is 23.2 Å². The highest BCUT2D eigenvalue weighted by molar-refractivity contribution is 6.10. The Bertz CT molecular complexity index is 771. The molecular weight excluding hydrogens is 308 g/mol. The van der Waals surface area contributed by atoms with Crippen molar-refractivity contribution in [2.75, 3.05) is 31.0 Å². The van der Waals surface area contributed by atoms with E-state index in [4.69, 9.17) is 9.47 Å². The van der Waals surface area contributed by atoms with Gasteiger partial charge in [-0.25, -0.2) is 0 Å². The number of methoxy groups -OCH3 is 2. The summed E-state index contributed by atoms with van der Waals surface area (Å²) in [5.41, 5.74) is 2.12. The summed E-state index contributed by atoms with van der Waals surface area (Å²) in [5.74, 6) is 1.000. The molecule has 124 valence electrons. The standard InChI is InChI=1S/C18H18N2O4/c1-23-13-5-3-12(4-6-13)9-18(22)20-11-17(21)19-15-10-14(24-2)7-8-16(15)20/h3-8,10H,9,11H2,1-2H3,(H,19,21). The molecule has 0 unspecified atom stereocenters. The number of fused-ring (bicyclic) bond motifs is 1. The molecule has 0 fully saturated rings. The van der Waals surface area contributed by atoms with Crippen molar-refractivity contribution in [3.63, 3.8) is 0 Å². The molecule has 0 aliphatic carbocycles. The number of hydrogen-bond acceptors (Lipinski definition) is 4. The summed E-state index contributed by atoms with van der Waals surface area (Å²) < 4.78 is 10.3. The maximum absolute atomic E-state index is 12.7. The molecule has 0 bridgehead atoms. The quantitative estimate of drug-likeness (QED) is 0.935. The summed E-state index contributed by atoms with van der Waals surface area (Å²) in [6.45, 7) is 0.00825. The summed E-state index contributed by atoms with van der Waals surface area (Å²) in [5, 5.41) is 2.77. The van der Waals surface area contributed by atoms with Crippen molar-refractivity contribution in [1.29, 1.82) is 0 Å². The first-order valence-electron chi connectivity index (χ1n) is 7.52. The number of nitrogens with zero attached hydrogens (tertiary/aromatic N) is 1. The summed E-state index contributed by atoms with van der Waals surface area (Å²) in [7, 11) is 3.15. The van der Waals surface area contributed by atoms with Gasteiger partial charge in [0.05, 0.1) is 32.0 Å². The van der Waals surface area contributed by atoms with Crippen LogP contribution in [0.15, 0.2) is 42.5 Å². The molecule has 2 amide bonds. The molecule has 3 rings (SSSR count). The van der Waals surface area contributed by atoms with Gasteiger partial charge in [0, 0.05) is 6.07 Å². The van der Waals surface area contributed by atoms with Crippen LogP contribution in [0.1, 0.15) is 5.56 Å². The molecule has 0 saturated heterocycles. The van der Waals surface area contributed by atoms with Gasteiger partial charge >= 0.3 is 0 Å². The summed E-state index contributed by atoms with van der Waals surface area (Å²) in [4.78, 5) is 26.1. The molecule has 0 aromatic heterocycles. The highest BCUT2D eigenvalue weighted by Gasteiger charge is 2.27. The molecule has 24 heavy (non-hydrogen) atoms. The topological polar surface area (TPSA) is 67.9 Å². The van der Waals surface area contributed by atoms with Crippen LogP contribution in [0, 0.1) is 0 Å². The molecule has 2 aromatic rings. The monoisotopic (exact) mass is 326 g/mol. The van der Waals surface area contributed by atoms with Crippen molar-refractivity contribution in [3.8, 4) is 11.5 Å². The Labute approximate surface area is 140 Å². The Balaban J connectivity index is 1.83. The first kappa shape index (κ1) is 15.9. The molecule has 0 spiro atoms. The van der Waals surface area contributed by atoms with Gasteiger partial charge in [-0.1, -0.05) is 12.1 Å². The number of nitrogens with one attached hydrogen (secondary N) is 1. The van der Waals surface area contributed by atoms with Crippen molar-refractivity contribution in [1.82, 2.24) is 0 Å². The predicted octanol–water partition coefficient (Wildman–Crippen LogP) is 2.23. The Hall–Kier alpha value is -3.02. The lowest BCUT2D eigenvalue weighted by Gasteiger charge is -2.29. The molecule has 0 atom stereocenters. The second-order valence-corrected chi connectivity index (χ2v) is 5.44. The van der Waals surface area contributed by atoms with Gasteiger partial charge in [0.25, 0.3) is 0 Å². The van der Waals surface area contributed by atoms with Crippen LogP contribution < -0.4 is 19.7 Å². The lowest BCUT2D eigenvalue weighted by molar-refractivity contribution is -0.121. The maximum Gasteiger partial charge on any atom is 0.244 e. The minimum absolute atomic E-state index is 0.00825. The molecular formula is C18H18N2O4. The van der Waals surface area contributed by atoms with Gasteiger partial charge < -0.3 is 19.7 Å². The molecule has 0 radical (unpaired) electrons. The fourth-order valence-corrected chi connectivity index (χ4v) is 2.63. The minimum atomic E-state index is -0.223. The highest BCUT2D eigenvalue weighted by atomic mass is 16.5. The van der Waals surface area contributed by atoms with E-state index in [9.17, 15) is 9.59 Å². The lowest BCUT2D eigenvalue weighted by Crippen LogP contribution is -2.42. The number of hydrogen-bond donors (Lipinski definition) is 1. The predicted molar refractivity (Wildman–Crippen MR) is 90.7 cm³/mol. The number of ether oxygens (including phenoxy) is 2. The van der Waals surface area contributed by atoms with Crippen LogP contribution in [0.2, 0.25) is 0 Å². The van der Waals surface area contributed by atoms with Crippen LogP contribution in [-0.2, 0) is 16.0 Å². The van der Waals surface area contributed by atoms with E-state index in [0.717, 1.165) is 11.3 Å². The largest absolute Gasteiger partial charge is 0.497 e. The van der Waals surface area contributed by atoms with Crippen molar-refractivity contribution in [2.24, 2.45) is 0 Å². The zero-order valence-electron chi connectivity index (χ0n) is 13.5. The van der Waals surface area contributed by atoms with Gasteiger partial charge in [0.1, 0.15) is 18.0 Å². The third kappa shape index (κ3) is 3.17. The van der Waals surface area contributed by atoms with Crippen molar-refractivity contribution in [3.05, 3.63) is 48.0 Å². The van der Waals surface area contributed by atoms with Crippen LogP contribution in [0.3, 0.4) is 0 Å². The Morgan fingerprint density at radius 1 is 1.08 bits per heavy atom. The van der Waals surface area contributed by atoms with E-state index in [1.165, 1.54) is 4.90 Å². The van der Waals surface area contributed by atoms with E-state index in [0.29, 0.717) is 17.1 Å². The van der Waals surface area contributed by atoms with Gasteiger partial charge in [-0.15, -0.1) is 0 Å². The Morgan fingerprint density at radius 3 is 2.42 bits per heavy atom. The number of benzene rings is 2. The molecule has 1 aliphatic rings. The second kappa shape index (κ2) is 6.62. The first-order chi connectivity index (χ1) is 11.6. The smallest absolute Gasteiger partial charge is 0.244 e. The minimum Gasteiger partial charge on any atom is -0.497 e. The SMILES string of the molecule is COc1ccc(CC(=O)N2CC(=O)Nc3cc(OC)ccc32)cc1. The Kier molecular flexibility index (Phi) is 4.37. The number of carbonyl (C=O) groups excluding carboxylic acids is 2. The fourth-order valence-electron chi connectivity index (χ4n) is 2.63. The molecule has 2 aromatic carbocycles. The first-order valence-corrected chi connectivity index (χ1v) is 7.52. The third-order valence-electron chi connectivity index (χ3n) is 3.89. The van der Waals surface area contributed by atoms with E-state index in [2.05, 4.69) is 5.32 Å². The number of rotatable bonds is 4. The maximum atomic E-state index is 12.7. The Morgan fingerprint density at radius 2 is 1.75 bits per heavy atom. The van der Waals surface area contributed by atoms with E-state index in [-0.39, 0.29) is 24.8 Å². The van der Waals surface area contributed by atoms with Gasteiger partial charge in [0.2, 0.25) is 11.8 Å². The van der Waals surface area contributed by atoms with E-state index >= 15 is 0 Å². The van der Waals surface area contributed by atoms with Crippen LogP contribution >= 0.6 is 0 Å². The third-order valence-corrected chi connectivity index (χ3v) is 3.89. The normalized spacial score (nSPS) is 13.1. The number of amides is 2. The van der Waals surface area contributed by atoms with E-state index in [1.807, 2.05) is 24.3 Å². The molecule has 0 saturated carbocycles. The van der Waals surface area contributed by atoms with Crippen LogP contribution in [0.4, 0.5) is 11.4 Å². The van der Waals surface area contributed by atoms with E-state index < -0.39 is 0 Å². The van der Waals surface area contributed by atoms with Crippen molar-refractivity contribution in [2.45, 2.75) is 6.42 Å². The van der Waals surface area contributed by atoms with Crippen LogP contribution in [0.5, 0.6) is 11.5 Å². The molecule has 6 nitrogen and oxygen atoms in total. The fraction of sp³-hybridized carbons (Fsp3) is 0.222. The van der Waals surface area contributed by atoms with Gasteiger partial charge in [-0.2, -0.15) is 0 Å². The van der Waals surface area contributed by atoms with Crippen LogP contribution in [0.25, 0.3) is 0 Å². The summed E-state index contributed by atoms with van der Waals surface area (Å²) >= 11 is 0. The lowest BCUT2D eigenvalue weighted by atomic mass is 10.1. The van der Waals surface area contributed by atoms with E-state index in [1.54, 1.807) is 32.4 Å². The molecule has 1 heterocycles. The summed E-state index contributed by atoms with van der Waals surface area (Å²) in [6, 6.07) is 12.6. The average molecular weight is 326 g/mol. The highest BCUT2D eigenvalue weighted by Crippen LogP contribution is 2.33. The number of anilines is 2.